The van der Waals surface area contributed by atoms with Crippen LogP contribution < -0.4 is 20.1 Å². The predicted molar refractivity (Wildman–Crippen MR) is 122 cm³/mol. The minimum atomic E-state index is -0.741. The van der Waals surface area contributed by atoms with Crippen LogP contribution in [0.3, 0.4) is 0 Å². The van der Waals surface area contributed by atoms with E-state index in [-0.39, 0.29) is 12.1 Å². The topological polar surface area (TPSA) is 61.6 Å². The SMILES string of the molecule is COc1ccc(P(C)c2ccc(OC)cc2C2=N[C@@H](C)CO2)c(C2=N[C@@H](C)CO2)c1. The van der Waals surface area contributed by atoms with Crippen LogP contribution >= 0.6 is 7.92 Å². The Labute approximate surface area is 178 Å². The van der Waals surface area contributed by atoms with Crippen LogP contribution in [0.4, 0.5) is 0 Å². The van der Waals surface area contributed by atoms with Crippen molar-refractivity contribution in [3.05, 3.63) is 47.5 Å². The fraction of sp³-hybridized carbons (Fsp3) is 0.391. The van der Waals surface area contributed by atoms with Crippen molar-refractivity contribution in [1.29, 1.82) is 0 Å². The van der Waals surface area contributed by atoms with E-state index in [0.29, 0.717) is 25.0 Å². The van der Waals surface area contributed by atoms with Crippen molar-refractivity contribution < 1.29 is 18.9 Å². The van der Waals surface area contributed by atoms with Crippen LogP contribution in [0.2, 0.25) is 0 Å². The van der Waals surface area contributed by atoms with Gasteiger partial charge in [0, 0.05) is 11.1 Å². The van der Waals surface area contributed by atoms with Crippen LogP contribution in [0, 0.1) is 0 Å². The highest BCUT2D eigenvalue weighted by Gasteiger charge is 2.27. The molecule has 2 heterocycles. The number of hydrogen-bond donors (Lipinski definition) is 0. The van der Waals surface area contributed by atoms with Crippen LogP contribution in [-0.4, -0.2) is 58.0 Å². The van der Waals surface area contributed by atoms with Crippen LogP contribution in [0.5, 0.6) is 11.5 Å². The summed E-state index contributed by atoms with van der Waals surface area (Å²) < 4.78 is 22.7. The van der Waals surface area contributed by atoms with Gasteiger partial charge in [-0.2, -0.15) is 0 Å². The fourth-order valence-electron chi connectivity index (χ4n) is 3.58. The van der Waals surface area contributed by atoms with Crippen molar-refractivity contribution in [2.24, 2.45) is 9.98 Å². The van der Waals surface area contributed by atoms with Gasteiger partial charge in [-0.25, -0.2) is 9.98 Å². The van der Waals surface area contributed by atoms with Gasteiger partial charge in [-0.3, -0.25) is 0 Å². The second-order valence-electron chi connectivity index (χ2n) is 7.51. The predicted octanol–water partition coefficient (Wildman–Crippen LogP) is 3.10. The zero-order valence-corrected chi connectivity index (χ0v) is 18.9. The van der Waals surface area contributed by atoms with E-state index in [0.717, 1.165) is 22.6 Å². The van der Waals surface area contributed by atoms with E-state index in [1.165, 1.54) is 10.6 Å². The maximum absolute atomic E-state index is 5.89. The summed E-state index contributed by atoms with van der Waals surface area (Å²) in [7, 11) is 2.60. The van der Waals surface area contributed by atoms with E-state index >= 15 is 0 Å². The van der Waals surface area contributed by atoms with Crippen molar-refractivity contribution in [2.75, 3.05) is 34.1 Å². The van der Waals surface area contributed by atoms with E-state index in [9.17, 15) is 0 Å². The molecule has 4 rings (SSSR count). The number of rotatable bonds is 6. The van der Waals surface area contributed by atoms with Gasteiger partial charge in [0.1, 0.15) is 24.7 Å². The molecule has 0 aliphatic carbocycles. The van der Waals surface area contributed by atoms with Crippen LogP contribution in [0.25, 0.3) is 0 Å². The Hall–Kier alpha value is -2.59. The minimum absolute atomic E-state index is 0.154. The van der Waals surface area contributed by atoms with Crippen LogP contribution in [0.1, 0.15) is 25.0 Å². The number of nitrogens with zero attached hydrogens (tertiary/aromatic N) is 2. The first-order valence-electron chi connectivity index (χ1n) is 10.0. The summed E-state index contributed by atoms with van der Waals surface area (Å²) in [4.78, 5) is 9.38. The smallest absolute Gasteiger partial charge is 0.217 e. The molecular weight excluding hydrogens is 399 g/mol. The minimum Gasteiger partial charge on any atom is -0.497 e. The van der Waals surface area contributed by atoms with Gasteiger partial charge in [0.15, 0.2) is 0 Å². The molecule has 7 heteroatoms. The van der Waals surface area contributed by atoms with E-state index in [1.54, 1.807) is 14.2 Å². The van der Waals surface area contributed by atoms with Gasteiger partial charge < -0.3 is 18.9 Å². The summed E-state index contributed by atoms with van der Waals surface area (Å²) in [5, 5.41) is 2.36. The Bertz CT molecular complexity index is 925. The number of hydrogen-bond acceptors (Lipinski definition) is 6. The zero-order valence-electron chi connectivity index (χ0n) is 18.0. The molecule has 0 saturated heterocycles. The molecule has 2 aromatic carbocycles. The highest BCUT2D eigenvalue weighted by Crippen LogP contribution is 2.35. The molecule has 0 saturated carbocycles. The Morgan fingerprint density at radius 3 is 1.57 bits per heavy atom. The molecule has 2 aliphatic heterocycles. The molecule has 0 aromatic heterocycles. The van der Waals surface area contributed by atoms with Gasteiger partial charge in [-0.15, -0.1) is 0 Å². The maximum atomic E-state index is 5.89. The molecule has 0 N–H and O–H groups in total. The molecule has 6 nitrogen and oxygen atoms in total. The third kappa shape index (κ3) is 4.01. The number of benzene rings is 2. The van der Waals surface area contributed by atoms with E-state index in [4.69, 9.17) is 18.9 Å². The summed E-state index contributed by atoms with van der Waals surface area (Å²) in [6, 6.07) is 12.5. The first kappa shape index (κ1) is 20.7. The number of aliphatic imine (C=N–C) groups is 2. The third-order valence-electron chi connectivity index (χ3n) is 5.19. The highest BCUT2D eigenvalue weighted by atomic mass is 31.1. The lowest BCUT2D eigenvalue weighted by molar-refractivity contribution is 0.324. The quantitative estimate of drug-likeness (QED) is 0.666. The molecule has 2 aromatic rings. The van der Waals surface area contributed by atoms with Crippen LogP contribution in [-0.2, 0) is 9.47 Å². The molecular formula is C23H27N2O4P. The summed E-state index contributed by atoms with van der Waals surface area (Å²) in [5.41, 5.74) is 1.97. The number of ether oxygens (including phenoxy) is 4. The molecule has 0 radical (unpaired) electrons. The molecule has 30 heavy (non-hydrogen) atoms. The maximum Gasteiger partial charge on any atom is 0.217 e. The molecule has 2 atom stereocenters. The van der Waals surface area contributed by atoms with E-state index < -0.39 is 7.92 Å². The Morgan fingerprint density at radius 1 is 0.800 bits per heavy atom. The molecule has 0 amide bonds. The Morgan fingerprint density at radius 2 is 1.23 bits per heavy atom. The standard InChI is InChI=1S/C23H27N2O4P/c1-14-12-28-22(24-14)18-10-16(26-3)6-8-20(18)30(5)21-9-7-17(27-4)11-19(21)23-25-15(2)13-29-23/h6-11,14-15H,12-13H2,1-5H3/t14-,15-/m0/s1. The molecule has 0 bridgehead atoms. The largest absolute Gasteiger partial charge is 0.497 e. The van der Waals surface area contributed by atoms with Crippen LogP contribution in [0.15, 0.2) is 46.4 Å². The molecule has 158 valence electrons. The zero-order chi connectivity index (χ0) is 21.3. The van der Waals surface area contributed by atoms with Crippen molar-refractivity contribution in [1.82, 2.24) is 0 Å². The van der Waals surface area contributed by atoms with E-state index in [2.05, 4.69) is 42.6 Å². The summed E-state index contributed by atoms with van der Waals surface area (Å²) in [5.74, 6) is 2.94. The van der Waals surface area contributed by atoms with Gasteiger partial charge in [0.2, 0.25) is 11.8 Å². The third-order valence-corrected chi connectivity index (χ3v) is 7.41. The van der Waals surface area contributed by atoms with Crippen molar-refractivity contribution >= 4 is 30.3 Å². The molecule has 0 fully saturated rings. The average Bonchev–Trinajstić information content (AvgIpc) is 3.40. The Kier molecular flexibility index (Phi) is 5.96. The molecule has 2 aliphatic rings. The average molecular weight is 426 g/mol. The van der Waals surface area contributed by atoms with Gasteiger partial charge in [0.05, 0.1) is 26.3 Å². The number of methoxy groups -OCH3 is 2. The highest BCUT2D eigenvalue weighted by molar-refractivity contribution is 7.72. The lowest BCUT2D eigenvalue weighted by Gasteiger charge is -2.21. The fourth-order valence-corrected chi connectivity index (χ4v) is 5.48. The first-order chi connectivity index (χ1) is 14.5. The lowest BCUT2D eigenvalue weighted by atomic mass is 10.2. The summed E-state index contributed by atoms with van der Waals surface area (Å²) >= 11 is 0. The first-order valence-corrected chi connectivity index (χ1v) is 11.8. The van der Waals surface area contributed by atoms with Crippen molar-refractivity contribution in [2.45, 2.75) is 25.9 Å². The molecule has 0 unspecified atom stereocenters. The Balaban J connectivity index is 1.81. The van der Waals surface area contributed by atoms with Crippen molar-refractivity contribution in [3.8, 4) is 11.5 Å². The van der Waals surface area contributed by atoms with Gasteiger partial charge in [-0.05, 0) is 75.4 Å². The second kappa shape index (κ2) is 8.65. The van der Waals surface area contributed by atoms with Crippen molar-refractivity contribution in [3.63, 3.8) is 0 Å². The second-order valence-corrected chi connectivity index (χ2v) is 9.60. The molecule has 0 spiro atoms. The monoisotopic (exact) mass is 426 g/mol. The lowest BCUT2D eigenvalue weighted by Crippen LogP contribution is -2.23. The van der Waals surface area contributed by atoms with Gasteiger partial charge in [-0.1, -0.05) is 0 Å². The summed E-state index contributed by atoms with van der Waals surface area (Å²) in [6.07, 6.45) is 0. The van der Waals surface area contributed by atoms with Gasteiger partial charge >= 0.3 is 0 Å². The van der Waals surface area contributed by atoms with E-state index in [1.807, 2.05) is 24.3 Å². The summed E-state index contributed by atoms with van der Waals surface area (Å²) in [6.45, 7) is 7.55. The normalized spacial score (nSPS) is 20.5. The van der Waals surface area contributed by atoms with Gasteiger partial charge in [0.25, 0.3) is 0 Å².